The Morgan fingerprint density at radius 3 is 2.00 bits per heavy atom. The van der Waals surface area contributed by atoms with Gasteiger partial charge in [0.15, 0.2) is 16.6 Å². The van der Waals surface area contributed by atoms with E-state index in [9.17, 15) is 4.79 Å². The molecule has 1 unspecified atom stereocenters. The zero-order chi connectivity index (χ0) is 20.4. The lowest BCUT2D eigenvalue weighted by Gasteiger charge is -2.40. The van der Waals surface area contributed by atoms with Crippen LogP contribution in [0.15, 0.2) is 12.2 Å². The maximum absolute atomic E-state index is 11.5. The van der Waals surface area contributed by atoms with Crippen LogP contribution in [0.4, 0.5) is 0 Å². The number of unbranched alkanes of at least 4 members (excludes halogenated alkanes) is 1. The molecule has 0 spiro atoms. The van der Waals surface area contributed by atoms with Crippen molar-refractivity contribution in [3.05, 3.63) is 12.2 Å². The van der Waals surface area contributed by atoms with Crippen LogP contribution in [0.1, 0.15) is 46.5 Å². The maximum Gasteiger partial charge on any atom is 0.333 e. The van der Waals surface area contributed by atoms with Crippen LogP contribution in [-0.4, -0.2) is 37.8 Å². The Hall–Kier alpha value is -0.219. The normalized spacial score (nSPS) is 14.8. The van der Waals surface area contributed by atoms with Crippen LogP contribution in [-0.2, 0) is 17.8 Å². The van der Waals surface area contributed by atoms with E-state index in [4.69, 9.17) is 13.0 Å². The van der Waals surface area contributed by atoms with Crippen molar-refractivity contribution in [2.45, 2.75) is 97.3 Å². The SMILES string of the molecule is C=C(C)C(=O)OCCC[Si](C)(C)O[Si](C)(C)O[Si](C)(CCC)CCCC. The van der Waals surface area contributed by atoms with Crippen molar-refractivity contribution in [1.82, 2.24) is 0 Å². The Morgan fingerprint density at radius 2 is 1.50 bits per heavy atom. The molecule has 0 aromatic rings. The summed E-state index contributed by atoms with van der Waals surface area (Å²) in [7, 11) is -5.70. The predicted octanol–water partition coefficient (Wildman–Crippen LogP) is 6.22. The predicted molar refractivity (Wildman–Crippen MR) is 119 cm³/mol. The minimum Gasteiger partial charge on any atom is -0.462 e. The molecule has 0 heterocycles. The Bertz CT molecular complexity index is 452. The number of esters is 1. The van der Waals surface area contributed by atoms with Crippen molar-refractivity contribution in [3.63, 3.8) is 0 Å². The van der Waals surface area contributed by atoms with Crippen LogP contribution < -0.4 is 0 Å². The third kappa shape index (κ3) is 11.5. The van der Waals surface area contributed by atoms with Gasteiger partial charge in [-0.05, 0) is 64.2 Å². The Labute approximate surface area is 165 Å². The fraction of sp³-hybridized carbons (Fsp3) is 0.842. The molecule has 0 saturated carbocycles. The number of hydrogen-bond acceptors (Lipinski definition) is 4. The Morgan fingerprint density at radius 1 is 0.885 bits per heavy atom. The summed E-state index contributed by atoms with van der Waals surface area (Å²) < 4.78 is 18.6. The van der Waals surface area contributed by atoms with Crippen molar-refractivity contribution in [3.8, 4) is 0 Å². The molecule has 0 radical (unpaired) electrons. The summed E-state index contributed by atoms with van der Waals surface area (Å²) in [6.45, 7) is 21.5. The fourth-order valence-corrected chi connectivity index (χ4v) is 18.7. The van der Waals surface area contributed by atoms with Crippen molar-refractivity contribution in [1.29, 1.82) is 0 Å². The molecule has 0 bridgehead atoms. The van der Waals surface area contributed by atoms with Gasteiger partial charge in [-0.2, -0.15) is 0 Å². The summed E-state index contributed by atoms with van der Waals surface area (Å²) in [6, 6.07) is 3.42. The topological polar surface area (TPSA) is 44.8 Å². The lowest BCUT2D eigenvalue weighted by Crippen LogP contribution is -2.53. The molecule has 0 aliphatic rings. The highest BCUT2D eigenvalue weighted by atomic mass is 28.5. The molecule has 4 nitrogen and oxygen atoms in total. The van der Waals surface area contributed by atoms with Gasteiger partial charge in [-0.15, -0.1) is 0 Å². The van der Waals surface area contributed by atoms with Crippen LogP contribution in [0, 0.1) is 0 Å². The van der Waals surface area contributed by atoms with Gasteiger partial charge in [0.05, 0.1) is 6.61 Å². The molecule has 0 aromatic carbocycles. The summed E-state index contributed by atoms with van der Waals surface area (Å²) in [6.07, 6.45) is 4.50. The second-order valence-electron chi connectivity index (χ2n) is 8.69. The molecule has 154 valence electrons. The summed E-state index contributed by atoms with van der Waals surface area (Å²) in [5.41, 5.74) is 0.451. The maximum atomic E-state index is 11.5. The molecule has 0 aliphatic carbocycles. The molecule has 0 rings (SSSR count). The minimum absolute atomic E-state index is 0.305. The third-order valence-electron chi connectivity index (χ3n) is 4.36. The van der Waals surface area contributed by atoms with E-state index < -0.39 is 25.2 Å². The smallest absolute Gasteiger partial charge is 0.333 e. The Kier molecular flexibility index (Phi) is 11.5. The van der Waals surface area contributed by atoms with Crippen molar-refractivity contribution >= 4 is 31.2 Å². The summed E-state index contributed by atoms with van der Waals surface area (Å²) in [5, 5.41) is 0. The molecule has 26 heavy (non-hydrogen) atoms. The van der Waals surface area contributed by atoms with E-state index in [0.717, 1.165) is 12.5 Å². The molecule has 0 aliphatic heterocycles. The number of carbonyl (C=O) groups excluding carboxylic acids is 1. The summed E-state index contributed by atoms with van der Waals surface area (Å²) >= 11 is 0. The van der Waals surface area contributed by atoms with Crippen molar-refractivity contribution in [2.75, 3.05) is 6.61 Å². The summed E-state index contributed by atoms with van der Waals surface area (Å²) in [5.74, 6) is -0.305. The van der Waals surface area contributed by atoms with E-state index >= 15 is 0 Å². The molecule has 0 fully saturated rings. The van der Waals surface area contributed by atoms with Gasteiger partial charge in [0.25, 0.3) is 0 Å². The molecule has 0 amide bonds. The van der Waals surface area contributed by atoms with E-state index in [1.807, 2.05) is 0 Å². The van der Waals surface area contributed by atoms with Gasteiger partial charge >= 0.3 is 14.5 Å². The largest absolute Gasteiger partial charge is 0.462 e. The lowest BCUT2D eigenvalue weighted by atomic mass is 10.4. The number of rotatable bonds is 14. The van der Waals surface area contributed by atoms with Gasteiger partial charge in [0, 0.05) is 5.57 Å². The van der Waals surface area contributed by atoms with E-state index in [0.29, 0.717) is 12.2 Å². The van der Waals surface area contributed by atoms with Gasteiger partial charge in [-0.25, -0.2) is 4.79 Å². The van der Waals surface area contributed by atoms with Crippen molar-refractivity contribution < 1.29 is 17.8 Å². The lowest BCUT2D eigenvalue weighted by molar-refractivity contribution is -0.138. The monoisotopic (exact) mass is 418 g/mol. The number of hydrogen-bond donors (Lipinski definition) is 0. The average Bonchev–Trinajstić information content (AvgIpc) is 2.47. The number of ether oxygens (including phenoxy) is 1. The van der Waals surface area contributed by atoms with Crippen LogP contribution in [0.5, 0.6) is 0 Å². The zero-order valence-electron chi connectivity index (χ0n) is 18.5. The van der Waals surface area contributed by atoms with E-state index in [2.05, 4.69) is 53.2 Å². The molecule has 0 saturated heterocycles. The summed E-state index contributed by atoms with van der Waals surface area (Å²) in [4.78, 5) is 11.5. The molecule has 0 N–H and O–H groups in total. The molecule has 7 heteroatoms. The van der Waals surface area contributed by atoms with E-state index in [1.54, 1.807) is 6.92 Å². The van der Waals surface area contributed by atoms with Gasteiger partial charge < -0.3 is 13.0 Å². The van der Waals surface area contributed by atoms with Gasteiger partial charge in [-0.1, -0.05) is 39.7 Å². The average molecular weight is 419 g/mol. The third-order valence-corrected chi connectivity index (χ3v) is 17.0. The minimum atomic E-state index is -2.16. The van der Waals surface area contributed by atoms with Crippen LogP contribution >= 0.6 is 0 Å². The first-order chi connectivity index (χ1) is 11.9. The fourth-order valence-electron chi connectivity index (χ4n) is 3.42. The Balaban J connectivity index is 4.62. The van der Waals surface area contributed by atoms with Gasteiger partial charge in [0.1, 0.15) is 0 Å². The van der Waals surface area contributed by atoms with E-state index in [-0.39, 0.29) is 5.97 Å². The molecule has 1 atom stereocenters. The molecule has 0 aromatic heterocycles. The standard InChI is InChI=1S/C19H42O4Si3/c1-10-12-17-26(9,15-11-2)23-25(7,8)22-24(5,6)16-13-14-21-19(20)18(3)4/h3,10-17H2,1-2,4-9H3. The van der Waals surface area contributed by atoms with Gasteiger partial charge in [0.2, 0.25) is 0 Å². The highest BCUT2D eigenvalue weighted by molar-refractivity contribution is 6.88. The van der Waals surface area contributed by atoms with Crippen molar-refractivity contribution in [2.24, 2.45) is 0 Å². The first kappa shape index (κ1) is 25.8. The second kappa shape index (κ2) is 11.6. The molecular weight excluding hydrogens is 376 g/mol. The van der Waals surface area contributed by atoms with E-state index in [1.165, 1.54) is 31.4 Å². The van der Waals surface area contributed by atoms with Crippen LogP contribution in [0.2, 0.25) is 50.9 Å². The number of carbonyl (C=O) groups is 1. The molecular formula is C19H42O4Si3. The second-order valence-corrected chi connectivity index (χ2v) is 21.0. The highest BCUT2D eigenvalue weighted by Crippen LogP contribution is 2.29. The van der Waals surface area contributed by atoms with Crippen LogP contribution in [0.3, 0.4) is 0 Å². The highest BCUT2D eigenvalue weighted by Gasteiger charge is 2.40. The first-order valence-corrected chi connectivity index (χ1v) is 18.8. The van der Waals surface area contributed by atoms with Crippen LogP contribution in [0.25, 0.3) is 0 Å². The zero-order valence-corrected chi connectivity index (χ0v) is 21.5. The quantitative estimate of drug-likeness (QED) is 0.145. The van der Waals surface area contributed by atoms with Gasteiger partial charge in [-0.3, -0.25) is 0 Å². The first-order valence-electron chi connectivity index (χ1n) is 10.1.